The molecular weight excluding hydrogens is 474 g/mol. The fourth-order valence-electron chi connectivity index (χ4n) is 1.64. The van der Waals surface area contributed by atoms with Crippen LogP contribution in [0, 0.1) is 0 Å². The van der Waals surface area contributed by atoms with E-state index < -0.39 is 52.5 Å². The van der Waals surface area contributed by atoms with E-state index in [0.29, 0.717) is 0 Å². The molecule has 0 aliphatic rings. The molecule has 0 heterocycles. The van der Waals surface area contributed by atoms with E-state index in [1.165, 1.54) is 0 Å². The van der Waals surface area contributed by atoms with Gasteiger partial charge in [-0.2, -0.15) is 39.5 Å². The Labute approximate surface area is 164 Å². The molecule has 1 unspecified atom stereocenters. The van der Waals surface area contributed by atoms with Crippen LogP contribution >= 0.6 is 0 Å². The first-order valence-electron chi connectivity index (χ1n) is 7.60. The van der Waals surface area contributed by atoms with Gasteiger partial charge in [-0.05, 0) is 6.42 Å². The summed E-state index contributed by atoms with van der Waals surface area (Å²) in [4.78, 5) is 8.77. The molecule has 0 bridgehead atoms. The lowest BCUT2D eigenvalue weighted by atomic mass is 10.3. The molecule has 0 N–H and O–H groups in total. The van der Waals surface area contributed by atoms with Crippen LogP contribution in [0.4, 0.5) is 43.9 Å². The lowest BCUT2D eigenvalue weighted by Gasteiger charge is -2.30. The van der Waals surface area contributed by atoms with Gasteiger partial charge in [-0.15, -0.1) is 0 Å². The Morgan fingerprint density at radius 1 is 0.833 bits per heavy atom. The summed E-state index contributed by atoms with van der Waals surface area (Å²) in [6.07, 6.45) is -18.2. The third kappa shape index (κ3) is 7.73. The van der Waals surface area contributed by atoms with Gasteiger partial charge in [0.2, 0.25) is 0 Å². The average Bonchev–Trinajstić information content (AvgIpc) is 2.60. The zero-order valence-electron chi connectivity index (χ0n) is 15.5. The fourth-order valence-corrected chi connectivity index (χ4v) is 3.26. The van der Waals surface area contributed by atoms with Crippen molar-refractivity contribution < 1.29 is 76.7 Å². The van der Waals surface area contributed by atoms with Crippen molar-refractivity contribution in [2.75, 3.05) is 34.5 Å². The summed E-state index contributed by atoms with van der Waals surface area (Å²) < 4.78 is 148. The first kappa shape index (κ1) is 29.2. The van der Waals surface area contributed by atoms with E-state index in [0.717, 1.165) is 21.3 Å². The third-order valence-corrected chi connectivity index (χ3v) is 5.53. The highest BCUT2D eigenvalue weighted by Crippen LogP contribution is 2.48. The zero-order chi connectivity index (χ0) is 23.9. The summed E-state index contributed by atoms with van der Waals surface area (Å²) in [7, 11) is -0.230. The Hall–Kier alpha value is -0.763. The normalized spacial score (nSPS) is 15.5. The van der Waals surface area contributed by atoms with Gasteiger partial charge < -0.3 is 9.16 Å². The Kier molecular flexibility index (Phi) is 10.9. The van der Waals surface area contributed by atoms with Crippen molar-refractivity contribution in [1.29, 1.82) is 0 Å². The molecule has 0 amide bonds. The van der Waals surface area contributed by atoms with Crippen molar-refractivity contribution in [3.8, 4) is 0 Å². The molecule has 0 aromatic carbocycles. The van der Waals surface area contributed by atoms with Crippen molar-refractivity contribution in [1.82, 2.24) is 0 Å². The van der Waals surface area contributed by atoms with Crippen LogP contribution in [0.2, 0.25) is 6.04 Å². The highest BCUT2D eigenvalue weighted by atomic mass is 28.4. The van der Waals surface area contributed by atoms with Crippen LogP contribution in [0.3, 0.4) is 0 Å². The van der Waals surface area contributed by atoms with Crippen LogP contribution in [0.25, 0.3) is 0 Å². The van der Waals surface area contributed by atoms with Crippen LogP contribution in [-0.4, -0.2) is 73.8 Å². The maximum Gasteiger partial charge on any atom is 0.557 e. The molecule has 0 aromatic heterocycles. The van der Waals surface area contributed by atoms with Gasteiger partial charge >= 0.3 is 32.9 Å². The zero-order valence-corrected chi connectivity index (χ0v) is 16.5. The molecule has 0 aliphatic heterocycles. The van der Waals surface area contributed by atoms with Crippen LogP contribution in [-0.2, 0) is 32.8 Å². The molecule has 0 saturated carbocycles. The minimum atomic E-state index is -6.92. The van der Waals surface area contributed by atoms with Gasteiger partial charge in [-0.1, -0.05) is 0 Å². The maximum absolute atomic E-state index is 13.4. The predicted octanol–water partition coefficient (Wildman–Crippen LogP) is 3.87. The monoisotopic (exact) mass is 492 g/mol. The number of hydrogen-bond donors (Lipinski definition) is 0. The number of rotatable bonds is 15. The third-order valence-electron chi connectivity index (χ3n) is 3.10. The van der Waals surface area contributed by atoms with Crippen molar-refractivity contribution in [2.24, 2.45) is 0 Å². The summed E-state index contributed by atoms with van der Waals surface area (Å²) in [5, 5.41) is 0. The Bertz CT molecular complexity index is 502. The van der Waals surface area contributed by atoms with Gasteiger partial charge in [0.25, 0.3) is 6.36 Å². The van der Waals surface area contributed by atoms with Gasteiger partial charge in [0.15, 0.2) is 0 Å². The molecule has 182 valence electrons. The molecule has 0 fully saturated rings. The van der Waals surface area contributed by atoms with Gasteiger partial charge in [-0.3, -0.25) is 4.74 Å². The average molecular weight is 492 g/mol. The topological polar surface area (TPSA) is 64.6 Å². The molecule has 0 spiro atoms. The Morgan fingerprint density at radius 3 is 1.73 bits per heavy atom. The van der Waals surface area contributed by atoms with Crippen LogP contribution < -0.4 is 0 Å². The summed E-state index contributed by atoms with van der Waals surface area (Å²) in [5.41, 5.74) is 0. The van der Waals surface area contributed by atoms with E-state index in [4.69, 9.17) is 13.6 Å². The smallest absolute Gasteiger partial charge is 0.375 e. The van der Waals surface area contributed by atoms with Crippen molar-refractivity contribution >= 4 is 8.80 Å². The van der Waals surface area contributed by atoms with E-state index in [2.05, 4.69) is 19.2 Å². The quantitative estimate of drug-likeness (QED) is 0.113. The molecule has 0 radical (unpaired) electrons. The number of hydrogen-bond acceptors (Lipinski definition) is 7. The molecule has 0 saturated heterocycles. The highest BCUT2D eigenvalue weighted by molar-refractivity contribution is 6.60. The molecule has 7 nitrogen and oxygen atoms in total. The lowest BCUT2D eigenvalue weighted by molar-refractivity contribution is -0.451. The van der Waals surface area contributed by atoms with Crippen molar-refractivity contribution in [3.63, 3.8) is 0 Å². The minimum Gasteiger partial charge on any atom is -0.375 e. The fraction of sp³-hybridized carbons (Fsp3) is 1.00. The van der Waals surface area contributed by atoms with E-state index in [-0.39, 0.29) is 12.5 Å². The largest absolute Gasteiger partial charge is 0.557 e. The number of alkyl halides is 10. The van der Waals surface area contributed by atoms with E-state index in [9.17, 15) is 43.9 Å². The first-order chi connectivity index (χ1) is 13.5. The Balaban J connectivity index is 4.75. The standard InChI is InChI=1S/C12H18F10O7Si/c1-23-28-30(25-3,29-24-2)6-4-5-26-7-9(14,15)8(13)27-12(21,22)10(16,17)11(18,19)20/h8H,4-7H2,1-3H3. The molecule has 30 heavy (non-hydrogen) atoms. The van der Waals surface area contributed by atoms with Crippen LogP contribution in [0.15, 0.2) is 0 Å². The summed E-state index contributed by atoms with van der Waals surface area (Å²) in [5.74, 6) is -11.9. The molecule has 0 aromatic rings. The molecular formula is C12H18F10O7Si. The lowest BCUT2D eigenvalue weighted by Crippen LogP contribution is -2.56. The molecule has 18 heteroatoms. The van der Waals surface area contributed by atoms with Gasteiger partial charge in [-0.25, -0.2) is 23.3 Å². The van der Waals surface area contributed by atoms with Gasteiger partial charge in [0.05, 0.1) is 14.2 Å². The summed E-state index contributed by atoms with van der Waals surface area (Å²) >= 11 is 0. The van der Waals surface area contributed by atoms with Crippen LogP contribution in [0.1, 0.15) is 6.42 Å². The van der Waals surface area contributed by atoms with Crippen molar-refractivity contribution in [2.45, 2.75) is 43.0 Å². The maximum atomic E-state index is 13.4. The van der Waals surface area contributed by atoms with Gasteiger partial charge in [0.1, 0.15) is 6.61 Å². The molecule has 1 atom stereocenters. The predicted molar refractivity (Wildman–Crippen MR) is 76.1 cm³/mol. The second-order valence-electron chi connectivity index (χ2n) is 5.33. The highest BCUT2D eigenvalue weighted by Gasteiger charge is 2.75. The van der Waals surface area contributed by atoms with E-state index in [1.54, 1.807) is 0 Å². The van der Waals surface area contributed by atoms with Gasteiger partial charge in [0, 0.05) is 19.8 Å². The minimum absolute atomic E-state index is 0.165. The van der Waals surface area contributed by atoms with E-state index in [1.807, 2.05) is 0 Å². The van der Waals surface area contributed by atoms with Crippen LogP contribution in [0.5, 0.6) is 0 Å². The second kappa shape index (κ2) is 11.2. The summed E-state index contributed by atoms with van der Waals surface area (Å²) in [6, 6.07) is -0.165. The first-order valence-corrected chi connectivity index (χ1v) is 9.53. The van der Waals surface area contributed by atoms with Crippen molar-refractivity contribution in [3.05, 3.63) is 0 Å². The summed E-state index contributed by atoms with van der Waals surface area (Å²) in [6.45, 7) is -2.60. The Morgan fingerprint density at radius 2 is 1.33 bits per heavy atom. The molecule has 0 rings (SSSR count). The number of halogens is 10. The second-order valence-corrected chi connectivity index (χ2v) is 7.93. The SMILES string of the molecule is COO[Si](CCCOCC(F)(F)C(F)OC(F)(F)C(F)(F)C(F)(F)F)(OC)OOC. The van der Waals surface area contributed by atoms with E-state index >= 15 is 0 Å². The number of ether oxygens (including phenoxy) is 2. The molecule has 0 aliphatic carbocycles.